The van der Waals surface area contributed by atoms with Gasteiger partial charge in [-0.1, -0.05) is 30.3 Å². The van der Waals surface area contributed by atoms with Crippen LogP contribution in [0.3, 0.4) is 0 Å². The molecular weight excluding hydrogens is 234 g/mol. The van der Waals surface area contributed by atoms with Crippen molar-refractivity contribution >= 4 is 17.7 Å². The summed E-state index contributed by atoms with van der Waals surface area (Å²) in [6, 6.07) is 9.34. The average Bonchev–Trinajstić information content (AvgIpc) is 2.36. The van der Waals surface area contributed by atoms with Gasteiger partial charge in [-0.05, 0) is 25.7 Å². The number of thioether (sulfide) groups is 1. The van der Waals surface area contributed by atoms with Gasteiger partial charge in [0, 0.05) is 0 Å². The van der Waals surface area contributed by atoms with Crippen molar-refractivity contribution in [3.05, 3.63) is 35.9 Å². The number of amides is 1. The summed E-state index contributed by atoms with van der Waals surface area (Å²) in [5, 5.41) is 12.9. The summed E-state index contributed by atoms with van der Waals surface area (Å²) in [4.78, 5) is 11.6. The first kappa shape index (κ1) is 14.1. The fraction of sp³-hybridized carbons (Fsp3) is 0.462. The molecule has 17 heavy (non-hydrogen) atoms. The van der Waals surface area contributed by atoms with E-state index in [0.29, 0.717) is 0 Å². The lowest BCUT2D eigenvalue weighted by atomic mass is 9.96. The second kappa shape index (κ2) is 6.07. The molecule has 0 aliphatic carbocycles. The quantitative estimate of drug-likeness (QED) is 0.840. The molecule has 1 aromatic rings. The van der Waals surface area contributed by atoms with Gasteiger partial charge in [-0.15, -0.1) is 0 Å². The molecule has 0 radical (unpaired) electrons. The van der Waals surface area contributed by atoms with E-state index in [9.17, 15) is 9.90 Å². The number of carbonyl (C=O) groups is 1. The summed E-state index contributed by atoms with van der Waals surface area (Å²) < 4.78 is 0. The first-order valence-corrected chi connectivity index (χ1v) is 6.84. The molecular formula is C13H19NO2S. The minimum Gasteiger partial charge on any atom is -0.384 e. The molecule has 2 N–H and O–H groups in total. The first-order chi connectivity index (χ1) is 7.97. The summed E-state index contributed by atoms with van der Waals surface area (Å²) >= 11 is 1.49. The van der Waals surface area contributed by atoms with Gasteiger partial charge in [-0.25, -0.2) is 0 Å². The maximum Gasteiger partial charge on any atom is 0.232 e. The Balaban J connectivity index is 2.59. The van der Waals surface area contributed by atoms with Crippen LogP contribution in [0.5, 0.6) is 0 Å². The molecule has 0 aromatic heterocycles. The van der Waals surface area contributed by atoms with Crippen molar-refractivity contribution in [3.8, 4) is 0 Å². The van der Waals surface area contributed by atoms with Gasteiger partial charge in [0.05, 0.1) is 11.8 Å². The Morgan fingerprint density at radius 1 is 1.47 bits per heavy atom. The van der Waals surface area contributed by atoms with Gasteiger partial charge in [-0.3, -0.25) is 4.79 Å². The molecule has 0 saturated heterocycles. The Kier molecular flexibility index (Phi) is 5.02. The highest BCUT2D eigenvalue weighted by Crippen LogP contribution is 2.19. The Labute approximate surface area is 107 Å². The Bertz CT molecular complexity index is 365. The van der Waals surface area contributed by atoms with Gasteiger partial charge < -0.3 is 10.4 Å². The lowest BCUT2D eigenvalue weighted by Gasteiger charge is -2.24. The summed E-state index contributed by atoms with van der Waals surface area (Å²) in [5.74, 6) is -0.0475. The topological polar surface area (TPSA) is 49.3 Å². The molecule has 94 valence electrons. The highest BCUT2D eigenvalue weighted by atomic mass is 32.2. The number of carbonyl (C=O) groups excluding carboxylic acids is 1. The molecule has 0 saturated carbocycles. The molecule has 0 bridgehead atoms. The van der Waals surface area contributed by atoms with Crippen LogP contribution in [0.1, 0.15) is 19.4 Å². The van der Waals surface area contributed by atoms with Gasteiger partial charge in [0.15, 0.2) is 0 Å². The second-order valence-corrected chi connectivity index (χ2v) is 5.41. The van der Waals surface area contributed by atoms with Crippen molar-refractivity contribution in [1.29, 1.82) is 0 Å². The number of hydrogen-bond acceptors (Lipinski definition) is 3. The van der Waals surface area contributed by atoms with E-state index in [-0.39, 0.29) is 17.7 Å². The zero-order valence-corrected chi connectivity index (χ0v) is 11.3. The highest BCUT2D eigenvalue weighted by Gasteiger charge is 2.24. The third kappa shape index (κ3) is 4.06. The van der Waals surface area contributed by atoms with Crippen molar-refractivity contribution in [2.24, 2.45) is 0 Å². The maximum atomic E-state index is 11.6. The van der Waals surface area contributed by atoms with Crippen LogP contribution < -0.4 is 5.32 Å². The maximum absolute atomic E-state index is 11.6. The van der Waals surface area contributed by atoms with E-state index in [4.69, 9.17) is 0 Å². The van der Waals surface area contributed by atoms with E-state index in [0.717, 1.165) is 5.56 Å². The molecule has 0 fully saturated rings. The number of nitrogens with one attached hydrogen (secondary N) is 1. The summed E-state index contributed by atoms with van der Waals surface area (Å²) in [6.07, 6.45) is 1.89. The van der Waals surface area contributed by atoms with Crippen molar-refractivity contribution in [2.45, 2.75) is 24.7 Å². The van der Waals surface area contributed by atoms with Crippen LogP contribution >= 0.6 is 11.8 Å². The Morgan fingerprint density at radius 3 is 2.59 bits per heavy atom. The Morgan fingerprint density at radius 2 is 2.06 bits per heavy atom. The molecule has 0 heterocycles. The standard InChI is InChI=1S/C13H19NO2S/c1-10(17-3)12(15)14-9-13(2,16)11-7-5-4-6-8-11/h4-8,10,16H,9H2,1-3H3,(H,14,15)/t10-,13+/m1/s1. The second-order valence-electron chi connectivity index (χ2n) is 4.24. The van der Waals surface area contributed by atoms with Crippen molar-refractivity contribution in [3.63, 3.8) is 0 Å². The number of benzene rings is 1. The van der Waals surface area contributed by atoms with Crippen LogP contribution in [0.2, 0.25) is 0 Å². The minimum absolute atomic E-state index is 0.0475. The van der Waals surface area contributed by atoms with Gasteiger partial charge >= 0.3 is 0 Å². The van der Waals surface area contributed by atoms with Gasteiger partial charge in [-0.2, -0.15) is 11.8 Å². The monoisotopic (exact) mass is 253 g/mol. The molecule has 0 spiro atoms. The van der Waals surface area contributed by atoms with Crippen LogP contribution in [0.4, 0.5) is 0 Å². The number of hydrogen-bond donors (Lipinski definition) is 2. The van der Waals surface area contributed by atoms with Crippen LogP contribution in [0.15, 0.2) is 30.3 Å². The molecule has 3 nitrogen and oxygen atoms in total. The Hall–Kier alpha value is -1.00. The zero-order valence-electron chi connectivity index (χ0n) is 10.4. The predicted octanol–water partition coefficient (Wildman–Crippen LogP) is 1.76. The van der Waals surface area contributed by atoms with Gasteiger partial charge in [0.2, 0.25) is 5.91 Å². The normalized spacial score (nSPS) is 16.0. The van der Waals surface area contributed by atoms with E-state index < -0.39 is 5.60 Å². The zero-order chi connectivity index (χ0) is 12.9. The molecule has 2 atom stereocenters. The van der Waals surface area contributed by atoms with Crippen LogP contribution in [0, 0.1) is 0 Å². The smallest absolute Gasteiger partial charge is 0.232 e. The van der Waals surface area contributed by atoms with Crippen LogP contribution in [0.25, 0.3) is 0 Å². The highest BCUT2D eigenvalue weighted by molar-refractivity contribution is 7.99. The largest absolute Gasteiger partial charge is 0.384 e. The van der Waals surface area contributed by atoms with Gasteiger partial charge in [0.25, 0.3) is 0 Å². The van der Waals surface area contributed by atoms with Crippen molar-refractivity contribution in [2.75, 3.05) is 12.8 Å². The fourth-order valence-electron chi connectivity index (χ4n) is 1.41. The third-order valence-electron chi connectivity index (χ3n) is 2.73. The van der Waals surface area contributed by atoms with Gasteiger partial charge in [0.1, 0.15) is 5.60 Å². The average molecular weight is 253 g/mol. The van der Waals surface area contributed by atoms with E-state index in [1.807, 2.05) is 43.5 Å². The van der Waals surface area contributed by atoms with Crippen molar-refractivity contribution < 1.29 is 9.90 Å². The van der Waals surface area contributed by atoms with E-state index in [1.54, 1.807) is 6.92 Å². The third-order valence-corrected chi connectivity index (χ3v) is 3.65. The lowest BCUT2D eigenvalue weighted by molar-refractivity contribution is -0.121. The molecule has 1 aromatic carbocycles. The van der Waals surface area contributed by atoms with Crippen LogP contribution in [-0.4, -0.2) is 29.1 Å². The summed E-state index contributed by atoms with van der Waals surface area (Å²) in [6.45, 7) is 3.77. The summed E-state index contributed by atoms with van der Waals surface area (Å²) in [7, 11) is 0. The predicted molar refractivity (Wildman–Crippen MR) is 72.0 cm³/mol. The van der Waals surface area contributed by atoms with E-state index >= 15 is 0 Å². The first-order valence-electron chi connectivity index (χ1n) is 5.56. The summed E-state index contributed by atoms with van der Waals surface area (Å²) in [5.41, 5.74) is -0.230. The molecule has 0 unspecified atom stereocenters. The molecule has 0 aliphatic heterocycles. The number of rotatable bonds is 5. The molecule has 0 aliphatic rings. The van der Waals surface area contributed by atoms with Crippen LogP contribution in [-0.2, 0) is 10.4 Å². The fourth-order valence-corrected chi connectivity index (χ4v) is 1.71. The van der Waals surface area contributed by atoms with Crippen molar-refractivity contribution in [1.82, 2.24) is 5.32 Å². The van der Waals surface area contributed by atoms with E-state index in [1.165, 1.54) is 11.8 Å². The minimum atomic E-state index is -1.03. The molecule has 1 rings (SSSR count). The number of aliphatic hydroxyl groups is 1. The SMILES string of the molecule is CS[C@H](C)C(=O)NC[C@](C)(O)c1ccccc1. The lowest BCUT2D eigenvalue weighted by Crippen LogP contribution is -2.41. The molecule has 4 heteroatoms. The molecule has 1 amide bonds. The van der Waals surface area contributed by atoms with E-state index in [2.05, 4.69) is 5.32 Å².